The Morgan fingerprint density at radius 2 is 1.72 bits per heavy atom. The van der Waals surface area contributed by atoms with Crippen LogP contribution in [0.2, 0.25) is 0 Å². The van der Waals surface area contributed by atoms with Gasteiger partial charge in [0.05, 0.1) is 13.0 Å². The third-order valence-corrected chi connectivity index (χ3v) is 11.5. The minimum atomic E-state index is -1.20. The van der Waals surface area contributed by atoms with Crippen molar-refractivity contribution in [3.05, 3.63) is 58.7 Å². The van der Waals surface area contributed by atoms with Crippen LogP contribution in [0.4, 0.5) is 15.3 Å². The van der Waals surface area contributed by atoms with Crippen molar-refractivity contribution >= 4 is 24.1 Å². The van der Waals surface area contributed by atoms with Gasteiger partial charge in [0, 0.05) is 68.9 Å². The quantitative estimate of drug-likeness (QED) is 0.348. The van der Waals surface area contributed by atoms with Gasteiger partial charge in [-0.15, -0.1) is 0 Å². The van der Waals surface area contributed by atoms with Gasteiger partial charge in [-0.3, -0.25) is 9.38 Å². The number of para-hydroxylation sites is 1. The number of aldehydes is 1. The van der Waals surface area contributed by atoms with Crippen molar-refractivity contribution in [3.63, 3.8) is 0 Å². The van der Waals surface area contributed by atoms with Crippen LogP contribution >= 0.6 is 0 Å². The maximum atomic E-state index is 13.7. The van der Waals surface area contributed by atoms with Gasteiger partial charge in [0.2, 0.25) is 0 Å². The highest BCUT2D eigenvalue weighted by molar-refractivity contribution is 5.91. The van der Waals surface area contributed by atoms with Crippen LogP contribution < -0.4 is 10.4 Å². The molecule has 4 aliphatic rings. The first-order valence-electron chi connectivity index (χ1n) is 17.1. The highest BCUT2D eigenvalue weighted by Gasteiger charge is 2.61. The Labute approximate surface area is 272 Å². The van der Waals surface area contributed by atoms with Crippen LogP contribution in [0.3, 0.4) is 0 Å². The lowest BCUT2D eigenvalue weighted by Gasteiger charge is -2.62. The van der Waals surface area contributed by atoms with Crippen molar-refractivity contribution in [2.45, 2.75) is 95.9 Å². The summed E-state index contributed by atoms with van der Waals surface area (Å²) in [7, 11) is 0. The minimum Gasteiger partial charge on any atom is -0.507 e. The maximum Gasteiger partial charge on any atom is 0.322 e. The number of phenols is 1. The number of aromatic hydroxyl groups is 1. The van der Waals surface area contributed by atoms with Crippen molar-refractivity contribution in [2.75, 3.05) is 44.6 Å². The van der Waals surface area contributed by atoms with E-state index in [1.165, 1.54) is 32.1 Å². The van der Waals surface area contributed by atoms with Crippen LogP contribution in [0, 0.1) is 13.8 Å². The summed E-state index contributed by atoms with van der Waals surface area (Å²) in [4.78, 5) is 46.8. The average molecular weight is 632 g/mol. The zero-order valence-electron chi connectivity index (χ0n) is 27.4. The van der Waals surface area contributed by atoms with Crippen LogP contribution in [0.25, 0.3) is 0 Å². The lowest BCUT2D eigenvalue weighted by atomic mass is 9.82. The van der Waals surface area contributed by atoms with Crippen molar-refractivity contribution in [2.24, 2.45) is 0 Å². The molecule has 0 bridgehead atoms. The van der Waals surface area contributed by atoms with Gasteiger partial charge in [-0.05, 0) is 68.0 Å². The van der Waals surface area contributed by atoms with E-state index in [9.17, 15) is 24.6 Å². The largest absolute Gasteiger partial charge is 0.507 e. The summed E-state index contributed by atoms with van der Waals surface area (Å²) in [5, 5.41) is 27.3. The molecule has 46 heavy (non-hydrogen) atoms. The maximum absolute atomic E-state index is 13.7. The minimum absolute atomic E-state index is 0.0205. The first kappa shape index (κ1) is 32.5. The number of carboxylic acid groups (broad SMARTS) is 1. The molecule has 10 heteroatoms. The molecule has 248 valence electrons. The van der Waals surface area contributed by atoms with Gasteiger partial charge < -0.3 is 30.0 Å². The fourth-order valence-corrected chi connectivity index (χ4v) is 9.11. The molecule has 2 unspecified atom stereocenters. The Balaban J connectivity index is 1.37. The van der Waals surface area contributed by atoms with E-state index in [4.69, 9.17) is 0 Å². The van der Waals surface area contributed by atoms with Gasteiger partial charge >= 0.3 is 6.03 Å². The number of carbonyl (C=O) groups excluding carboxylic acids is 3. The molecular formula is C36H49N5O5. The molecule has 2 aromatic carbocycles. The highest BCUT2D eigenvalue weighted by Crippen LogP contribution is 2.45. The van der Waals surface area contributed by atoms with Crippen LogP contribution in [0.5, 0.6) is 5.75 Å². The molecule has 3 heterocycles. The van der Waals surface area contributed by atoms with E-state index in [0.29, 0.717) is 56.1 Å². The number of hydrogen-bond donors (Lipinski definition) is 2. The summed E-state index contributed by atoms with van der Waals surface area (Å²) < 4.78 is -0.412. The Hall–Kier alpha value is -3.47. The number of nitrogens with one attached hydrogen (secondary N) is 1. The second-order valence-corrected chi connectivity index (χ2v) is 14.0. The van der Waals surface area contributed by atoms with E-state index in [1.807, 2.05) is 55.1 Å². The van der Waals surface area contributed by atoms with Gasteiger partial charge in [-0.2, -0.15) is 0 Å². The Morgan fingerprint density at radius 1 is 1.02 bits per heavy atom. The van der Waals surface area contributed by atoms with Gasteiger partial charge in [0.1, 0.15) is 18.6 Å². The first-order valence-corrected chi connectivity index (χ1v) is 17.1. The number of aryl methyl sites for hydroxylation is 2. The van der Waals surface area contributed by atoms with Gasteiger partial charge in [-0.25, -0.2) is 9.69 Å². The van der Waals surface area contributed by atoms with Crippen LogP contribution in [-0.2, 0) is 17.8 Å². The number of urea groups is 1. The average Bonchev–Trinajstić information content (AvgIpc) is 3.23. The van der Waals surface area contributed by atoms with Gasteiger partial charge in [-0.1, -0.05) is 37.5 Å². The third-order valence-electron chi connectivity index (χ3n) is 11.5. The number of piperidine rings is 1. The number of nitrogens with zero attached hydrogens (tertiary/aromatic N) is 4. The Kier molecular flexibility index (Phi) is 9.41. The van der Waals surface area contributed by atoms with Crippen LogP contribution in [0.1, 0.15) is 73.6 Å². The second-order valence-electron chi connectivity index (χ2n) is 14.0. The summed E-state index contributed by atoms with van der Waals surface area (Å²) in [5.41, 5.74) is 2.93. The highest BCUT2D eigenvalue weighted by atomic mass is 16.4. The molecule has 0 radical (unpaired) electrons. The predicted molar refractivity (Wildman–Crippen MR) is 174 cm³/mol. The number of phenolic OH excluding ortho intramolecular Hbond substituents is 1. The van der Waals surface area contributed by atoms with Crippen molar-refractivity contribution < 1.29 is 29.1 Å². The topological polar surface area (TPSA) is 116 Å². The molecule has 1 saturated carbocycles. The van der Waals surface area contributed by atoms with E-state index >= 15 is 0 Å². The summed E-state index contributed by atoms with van der Waals surface area (Å²) in [5.74, 6) is 0.202. The van der Waals surface area contributed by atoms with E-state index in [1.54, 1.807) is 0 Å². The third kappa shape index (κ3) is 5.91. The van der Waals surface area contributed by atoms with Crippen LogP contribution in [-0.4, -0.2) is 99.7 Å². The van der Waals surface area contributed by atoms with E-state index < -0.39 is 16.2 Å². The summed E-state index contributed by atoms with van der Waals surface area (Å²) in [6, 6.07) is 11.7. The van der Waals surface area contributed by atoms with Crippen LogP contribution in [0.15, 0.2) is 36.4 Å². The van der Waals surface area contributed by atoms with Crippen molar-refractivity contribution in [1.29, 1.82) is 0 Å². The molecule has 3 amide bonds. The molecule has 0 aromatic heterocycles. The number of hydrogen-bond acceptors (Lipinski definition) is 7. The van der Waals surface area contributed by atoms with E-state index in [-0.39, 0.29) is 37.3 Å². The first-order chi connectivity index (χ1) is 22.2. The zero-order valence-corrected chi connectivity index (χ0v) is 27.4. The molecule has 1 aliphatic carbocycles. The summed E-state index contributed by atoms with van der Waals surface area (Å²) in [6.07, 6.45) is 7.39. The number of amides is 3. The number of carbonyl (C=O) groups is 3. The zero-order chi connectivity index (χ0) is 32.5. The predicted octanol–water partition coefficient (Wildman–Crippen LogP) is 4.16. The fraction of sp³-hybridized carbons (Fsp3) is 0.583. The normalized spacial score (nSPS) is 28.3. The van der Waals surface area contributed by atoms with E-state index in [0.717, 1.165) is 36.2 Å². The monoisotopic (exact) mass is 631 g/mol. The molecule has 2 N–H and O–H groups in total. The molecule has 10 nitrogen and oxygen atoms in total. The molecule has 3 aliphatic heterocycles. The number of quaternary nitrogens is 1. The lowest BCUT2D eigenvalue weighted by molar-refractivity contribution is -0.956. The van der Waals surface area contributed by atoms with Crippen molar-refractivity contribution in [1.82, 2.24) is 14.7 Å². The van der Waals surface area contributed by atoms with Gasteiger partial charge in [0.15, 0.2) is 5.66 Å². The molecule has 2 saturated heterocycles. The Bertz CT molecular complexity index is 1430. The smallest absolute Gasteiger partial charge is 0.322 e. The lowest BCUT2D eigenvalue weighted by Crippen LogP contribution is -2.81. The number of anilines is 1. The number of likely N-dealkylation sites (tertiary alicyclic amines) is 1. The second kappa shape index (κ2) is 13.3. The van der Waals surface area contributed by atoms with E-state index in [2.05, 4.69) is 15.1 Å². The molecule has 6 rings (SSSR count). The fourth-order valence-electron chi connectivity index (χ4n) is 9.11. The standard InChI is InChI=1S/C36H49N5O5/c1-26-22-28(23-27(2)33(26)43)25-41(35(45)46)20-13-31(40-15-12-29-8-6-7-11-32(29)37-34(40)44)24-36(41,14-21-42)39-18-16-38(17-19-39)30-9-4-3-5-10-30/h6-8,11,21-23,30-31H,3-5,9-10,12-20,24-25H2,1-2H3,(H2-,37,43,44,45,46)/t31?,36?,41-/m0/s1. The summed E-state index contributed by atoms with van der Waals surface area (Å²) >= 11 is 0. The number of piperazine rings is 1. The SMILES string of the molecule is Cc1cc(C[N@+]2(C(=O)[O-])CCC(N3CCc4ccccc4NC3=O)CC2(CC=O)N2CCN(C3CCCCC3)CC2)cc(C)c1O. The number of fused-ring (bicyclic) bond motifs is 1. The number of benzene rings is 2. The van der Waals surface area contributed by atoms with Gasteiger partial charge in [0.25, 0.3) is 6.09 Å². The molecule has 3 fully saturated rings. The molecule has 2 aromatic rings. The van der Waals surface area contributed by atoms with Crippen molar-refractivity contribution in [3.8, 4) is 5.75 Å². The molecular weight excluding hydrogens is 582 g/mol. The summed E-state index contributed by atoms with van der Waals surface area (Å²) in [6.45, 7) is 7.44. The Morgan fingerprint density at radius 3 is 2.39 bits per heavy atom. The number of rotatable bonds is 7. The molecule has 3 atom stereocenters. The molecule has 0 spiro atoms.